The first kappa shape index (κ1) is 63.8. The second kappa shape index (κ2) is 55.4. The molecule has 0 aliphatic heterocycles. The molecule has 67 heavy (non-hydrogen) atoms. The van der Waals surface area contributed by atoms with E-state index in [0.29, 0.717) is 12.8 Å². The summed E-state index contributed by atoms with van der Waals surface area (Å²) in [4.78, 5) is 38.1. The molecule has 0 N–H and O–H groups in total. The van der Waals surface area contributed by atoms with Crippen LogP contribution in [0, 0.1) is 0 Å². The Morgan fingerprint density at radius 1 is 0.299 bits per heavy atom. The Morgan fingerprint density at radius 2 is 0.537 bits per heavy atom. The third kappa shape index (κ3) is 53.7. The van der Waals surface area contributed by atoms with E-state index in [4.69, 9.17) is 14.2 Å². The molecule has 0 radical (unpaired) electrons. The van der Waals surface area contributed by atoms with Gasteiger partial charge in [-0.2, -0.15) is 0 Å². The maximum Gasteiger partial charge on any atom is 0.306 e. The minimum absolute atomic E-state index is 0.0948. The standard InChI is InChI=1S/C61H106O6/c1-4-7-10-13-16-19-22-25-28-29-30-31-34-37-40-43-46-49-52-55-61(64)67-58(56-65-59(62)53-50-47-44-41-38-35-32-26-23-20-17-14-11-8-5-2)57-66-60(63)54-51-48-45-42-39-36-33-27-24-21-18-15-12-9-6-3/h16,19,25-28,30-33,37,40,58H,4-15,17-18,20-24,29,34-36,38-39,41-57H2,1-3H3/b19-16-,28-25-,31-30-,32-26-,33-27-,40-37-. The lowest BCUT2D eigenvalue weighted by atomic mass is 10.1. The van der Waals surface area contributed by atoms with Crippen LogP contribution >= 0.6 is 0 Å². The highest BCUT2D eigenvalue weighted by molar-refractivity contribution is 5.71. The molecule has 0 aliphatic carbocycles. The van der Waals surface area contributed by atoms with Gasteiger partial charge < -0.3 is 14.2 Å². The zero-order chi connectivity index (χ0) is 48.6. The van der Waals surface area contributed by atoms with Crippen molar-refractivity contribution in [2.24, 2.45) is 0 Å². The molecule has 6 heteroatoms. The van der Waals surface area contributed by atoms with Crippen LogP contribution in [0.2, 0.25) is 0 Å². The Kier molecular flexibility index (Phi) is 52.8. The van der Waals surface area contributed by atoms with E-state index in [9.17, 15) is 14.4 Å². The SMILES string of the molecule is CCCCC/C=C\C/C=C\C/C=C\C/C=C\CCCCCC(=O)OC(COC(=O)CCCCCCC/C=C\CCCCCCCC)COC(=O)CCCCCCC/C=C\CCCCCCCC. The first-order valence-corrected chi connectivity index (χ1v) is 28.4. The molecule has 386 valence electrons. The van der Waals surface area contributed by atoms with Crippen molar-refractivity contribution in [3.05, 3.63) is 72.9 Å². The average molecular weight is 936 g/mol. The third-order valence-corrected chi connectivity index (χ3v) is 12.2. The van der Waals surface area contributed by atoms with Crippen LogP contribution in [0.3, 0.4) is 0 Å². The van der Waals surface area contributed by atoms with E-state index in [1.807, 2.05) is 0 Å². The topological polar surface area (TPSA) is 78.9 Å². The van der Waals surface area contributed by atoms with E-state index in [1.54, 1.807) is 0 Å². The smallest absolute Gasteiger partial charge is 0.306 e. The number of esters is 3. The zero-order valence-electron chi connectivity index (χ0n) is 44.2. The molecule has 0 rings (SSSR count). The first-order chi connectivity index (χ1) is 33.0. The highest BCUT2D eigenvalue weighted by Crippen LogP contribution is 2.14. The van der Waals surface area contributed by atoms with E-state index in [1.165, 1.54) is 141 Å². The summed E-state index contributed by atoms with van der Waals surface area (Å²) >= 11 is 0. The molecule has 0 saturated carbocycles. The minimum Gasteiger partial charge on any atom is -0.462 e. The van der Waals surface area contributed by atoms with E-state index in [2.05, 4.69) is 93.7 Å². The fourth-order valence-corrected chi connectivity index (χ4v) is 7.83. The molecule has 6 nitrogen and oxygen atoms in total. The van der Waals surface area contributed by atoms with Crippen LogP contribution in [0.15, 0.2) is 72.9 Å². The fourth-order valence-electron chi connectivity index (χ4n) is 7.83. The Hall–Kier alpha value is -3.15. The molecule has 0 fully saturated rings. The van der Waals surface area contributed by atoms with E-state index in [-0.39, 0.29) is 37.5 Å². The largest absolute Gasteiger partial charge is 0.462 e. The number of carbonyl (C=O) groups excluding carboxylic acids is 3. The lowest BCUT2D eigenvalue weighted by Crippen LogP contribution is -2.30. The number of unbranched alkanes of at least 4 members (excludes halogenated alkanes) is 28. The molecule has 0 bridgehead atoms. The highest BCUT2D eigenvalue weighted by Gasteiger charge is 2.19. The van der Waals surface area contributed by atoms with Crippen LogP contribution in [-0.4, -0.2) is 37.2 Å². The van der Waals surface area contributed by atoms with Gasteiger partial charge in [-0.25, -0.2) is 0 Å². The Bertz CT molecular complexity index is 1200. The fraction of sp³-hybridized carbons (Fsp3) is 0.754. The Morgan fingerprint density at radius 3 is 0.896 bits per heavy atom. The van der Waals surface area contributed by atoms with Gasteiger partial charge in [0.25, 0.3) is 0 Å². The molecule has 0 aromatic rings. The van der Waals surface area contributed by atoms with Gasteiger partial charge in [0.2, 0.25) is 0 Å². The quantitative estimate of drug-likeness (QED) is 0.0262. The molecule has 0 aromatic carbocycles. The van der Waals surface area contributed by atoms with Gasteiger partial charge in [0, 0.05) is 19.3 Å². The zero-order valence-corrected chi connectivity index (χ0v) is 44.2. The molecule has 0 atom stereocenters. The van der Waals surface area contributed by atoms with E-state index >= 15 is 0 Å². The van der Waals surface area contributed by atoms with Crippen LogP contribution in [0.25, 0.3) is 0 Å². The Balaban J connectivity index is 4.47. The van der Waals surface area contributed by atoms with Crippen molar-refractivity contribution in [2.45, 2.75) is 284 Å². The van der Waals surface area contributed by atoms with Gasteiger partial charge in [-0.05, 0) is 116 Å². The lowest BCUT2D eigenvalue weighted by molar-refractivity contribution is -0.167. The van der Waals surface area contributed by atoms with Crippen LogP contribution in [-0.2, 0) is 28.6 Å². The number of allylic oxidation sites excluding steroid dienone is 12. The van der Waals surface area contributed by atoms with Gasteiger partial charge in [-0.15, -0.1) is 0 Å². The van der Waals surface area contributed by atoms with E-state index < -0.39 is 6.10 Å². The molecule has 0 heterocycles. The summed E-state index contributed by atoms with van der Waals surface area (Å²) in [6.45, 7) is 6.57. The van der Waals surface area contributed by atoms with Crippen molar-refractivity contribution in [3.63, 3.8) is 0 Å². The second-order valence-electron chi connectivity index (χ2n) is 18.8. The van der Waals surface area contributed by atoms with E-state index in [0.717, 1.165) is 96.3 Å². The molecule has 0 aliphatic rings. The molecule has 0 aromatic heterocycles. The molecule has 0 amide bonds. The highest BCUT2D eigenvalue weighted by atomic mass is 16.6. The lowest BCUT2D eigenvalue weighted by Gasteiger charge is -2.18. The number of hydrogen-bond donors (Lipinski definition) is 0. The molecule has 0 unspecified atom stereocenters. The predicted molar refractivity (Wildman–Crippen MR) is 288 cm³/mol. The van der Waals surface area contributed by atoms with Gasteiger partial charge in [-0.1, -0.05) is 216 Å². The second-order valence-corrected chi connectivity index (χ2v) is 18.8. The predicted octanol–water partition coefficient (Wildman–Crippen LogP) is 19.0. The Labute approximate surface area is 414 Å². The summed E-state index contributed by atoms with van der Waals surface area (Å²) in [5, 5.41) is 0. The average Bonchev–Trinajstić information content (AvgIpc) is 3.33. The normalized spacial score (nSPS) is 12.2. The van der Waals surface area contributed by atoms with Gasteiger partial charge in [-0.3, -0.25) is 14.4 Å². The van der Waals surface area contributed by atoms with Crippen molar-refractivity contribution in [1.29, 1.82) is 0 Å². The van der Waals surface area contributed by atoms with Crippen LogP contribution in [0.5, 0.6) is 0 Å². The third-order valence-electron chi connectivity index (χ3n) is 12.2. The molecular formula is C61H106O6. The maximum absolute atomic E-state index is 12.8. The van der Waals surface area contributed by atoms with Crippen molar-refractivity contribution in [1.82, 2.24) is 0 Å². The van der Waals surface area contributed by atoms with Crippen LogP contribution < -0.4 is 0 Å². The summed E-state index contributed by atoms with van der Waals surface area (Å²) < 4.78 is 16.8. The summed E-state index contributed by atoms with van der Waals surface area (Å²) in [5.74, 6) is -0.936. The summed E-state index contributed by atoms with van der Waals surface area (Å²) in [7, 11) is 0. The van der Waals surface area contributed by atoms with Crippen molar-refractivity contribution in [3.8, 4) is 0 Å². The number of ether oxygens (including phenoxy) is 3. The minimum atomic E-state index is -0.799. The number of carbonyl (C=O) groups is 3. The molecule has 0 saturated heterocycles. The number of rotatable bonds is 51. The van der Waals surface area contributed by atoms with Crippen LogP contribution in [0.4, 0.5) is 0 Å². The monoisotopic (exact) mass is 935 g/mol. The molecule has 0 spiro atoms. The summed E-state index contributed by atoms with van der Waals surface area (Å²) in [6, 6.07) is 0. The maximum atomic E-state index is 12.8. The van der Waals surface area contributed by atoms with Gasteiger partial charge in [0.15, 0.2) is 6.10 Å². The molecular weight excluding hydrogens is 829 g/mol. The van der Waals surface area contributed by atoms with Gasteiger partial charge >= 0.3 is 17.9 Å². The van der Waals surface area contributed by atoms with Gasteiger partial charge in [0.05, 0.1) is 0 Å². The van der Waals surface area contributed by atoms with Crippen LogP contribution in [0.1, 0.15) is 278 Å². The number of hydrogen-bond acceptors (Lipinski definition) is 6. The summed E-state index contributed by atoms with van der Waals surface area (Å²) in [6.07, 6.45) is 70.3. The van der Waals surface area contributed by atoms with Gasteiger partial charge in [0.1, 0.15) is 13.2 Å². The first-order valence-electron chi connectivity index (χ1n) is 28.4. The summed E-state index contributed by atoms with van der Waals surface area (Å²) in [5.41, 5.74) is 0. The van der Waals surface area contributed by atoms with Crippen molar-refractivity contribution < 1.29 is 28.6 Å². The van der Waals surface area contributed by atoms with Crippen molar-refractivity contribution in [2.75, 3.05) is 13.2 Å². The van der Waals surface area contributed by atoms with Crippen molar-refractivity contribution >= 4 is 17.9 Å².